The predicted octanol–water partition coefficient (Wildman–Crippen LogP) is 5.31. The molecular formula is C31H31NO6S. The average molecular weight is 546 g/mol. The van der Waals surface area contributed by atoms with Crippen LogP contribution in [0.4, 0.5) is 0 Å². The zero-order chi connectivity index (χ0) is 27.8. The van der Waals surface area contributed by atoms with Gasteiger partial charge in [-0.3, -0.25) is 9.78 Å². The molecule has 2 heterocycles. The molecule has 3 aromatic carbocycles. The van der Waals surface area contributed by atoms with Gasteiger partial charge in [-0.15, -0.1) is 0 Å². The van der Waals surface area contributed by atoms with E-state index in [0.29, 0.717) is 22.2 Å². The molecular weight excluding hydrogens is 514 g/mol. The van der Waals surface area contributed by atoms with Crippen LogP contribution in [-0.2, 0) is 25.0 Å². The molecule has 1 aliphatic rings. The summed E-state index contributed by atoms with van der Waals surface area (Å²) in [6.07, 6.45) is 0.282. The van der Waals surface area contributed by atoms with Crippen LogP contribution in [0, 0.1) is 13.8 Å². The smallest absolute Gasteiger partial charge is 0.186 e. The number of methoxy groups -OCH3 is 2. The number of ether oxygens (including phenoxy) is 3. The first-order valence-corrected chi connectivity index (χ1v) is 14.4. The van der Waals surface area contributed by atoms with Crippen LogP contribution >= 0.6 is 0 Å². The highest BCUT2D eigenvalue weighted by Crippen LogP contribution is 2.48. The van der Waals surface area contributed by atoms with E-state index in [1.165, 1.54) is 13.2 Å². The molecule has 2 atom stereocenters. The van der Waals surface area contributed by atoms with Crippen molar-refractivity contribution in [2.45, 2.75) is 36.7 Å². The molecule has 0 unspecified atom stereocenters. The number of ketones is 1. The van der Waals surface area contributed by atoms with E-state index in [4.69, 9.17) is 14.2 Å². The zero-order valence-electron chi connectivity index (χ0n) is 22.4. The SMILES string of the molecule is COc1ccc([C@@H]2CO[C@@](C(=O)CS(=O)(=O)c3cccc4nc(C)ccc34)(c3cc(C)ccc3OC)C2)cc1. The van der Waals surface area contributed by atoms with E-state index >= 15 is 0 Å². The topological polar surface area (TPSA) is 91.8 Å². The van der Waals surface area contributed by atoms with E-state index in [0.717, 1.165) is 22.6 Å². The molecule has 5 rings (SSSR count). The fourth-order valence-electron chi connectivity index (χ4n) is 5.33. The largest absolute Gasteiger partial charge is 0.497 e. The quantitative estimate of drug-likeness (QED) is 0.296. The van der Waals surface area contributed by atoms with Gasteiger partial charge in [0.25, 0.3) is 0 Å². The molecule has 0 aliphatic carbocycles. The van der Waals surface area contributed by atoms with Crippen LogP contribution in [0.1, 0.15) is 34.7 Å². The van der Waals surface area contributed by atoms with Crippen LogP contribution in [0.25, 0.3) is 10.9 Å². The van der Waals surface area contributed by atoms with Crippen LogP contribution in [-0.4, -0.2) is 45.8 Å². The molecule has 0 amide bonds. The summed E-state index contributed by atoms with van der Waals surface area (Å²) in [4.78, 5) is 18.7. The number of nitrogens with zero attached hydrogens (tertiary/aromatic N) is 1. The third kappa shape index (κ3) is 5.02. The van der Waals surface area contributed by atoms with Crippen molar-refractivity contribution < 1.29 is 27.4 Å². The first kappa shape index (κ1) is 26.8. The molecule has 1 aromatic heterocycles. The van der Waals surface area contributed by atoms with Crippen molar-refractivity contribution in [3.05, 3.63) is 95.2 Å². The number of benzene rings is 3. The van der Waals surface area contributed by atoms with E-state index in [2.05, 4.69) is 4.98 Å². The molecule has 0 saturated carbocycles. The van der Waals surface area contributed by atoms with Crippen molar-refractivity contribution in [1.29, 1.82) is 0 Å². The molecule has 1 aliphatic heterocycles. The van der Waals surface area contributed by atoms with Crippen molar-refractivity contribution in [1.82, 2.24) is 4.98 Å². The van der Waals surface area contributed by atoms with Gasteiger partial charge in [-0.1, -0.05) is 29.8 Å². The van der Waals surface area contributed by atoms with Crippen molar-refractivity contribution in [3.63, 3.8) is 0 Å². The number of sulfone groups is 1. The minimum Gasteiger partial charge on any atom is -0.497 e. The standard InChI is InChI=1S/C31H31NO6S/c1-20-8-15-28(37-4)26(16-20)31(17-23(18-38-31)22-10-12-24(36-3)13-11-22)30(33)19-39(34,35)29-7-5-6-27-25(29)14-9-21(2)32-27/h5-16,23H,17-19H2,1-4H3/t23-,31+/m0/s1. The molecule has 202 valence electrons. The average Bonchev–Trinajstić information content (AvgIpc) is 3.39. The first-order chi connectivity index (χ1) is 18.7. The fraction of sp³-hybridized carbons (Fsp3) is 0.290. The predicted molar refractivity (Wildman–Crippen MR) is 149 cm³/mol. The molecule has 0 radical (unpaired) electrons. The highest BCUT2D eigenvalue weighted by atomic mass is 32.2. The monoisotopic (exact) mass is 545 g/mol. The second-order valence-electron chi connectivity index (χ2n) is 9.97. The van der Waals surface area contributed by atoms with Crippen molar-refractivity contribution in [3.8, 4) is 11.5 Å². The fourth-order valence-corrected chi connectivity index (χ4v) is 6.86. The summed E-state index contributed by atoms with van der Waals surface area (Å²) in [7, 11) is -0.892. The molecule has 0 bridgehead atoms. The number of aromatic nitrogens is 1. The Morgan fingerprint density at radius 3 is 2.49 bits per heavy atom. The summed E-state index contributed by atoms with van der Waals surface area (Å²) in [6, 6.07) is 21.6. The molecule has 0 N–H and O–H groups in total. The summed E-state index contributed by atoms with van der Waals surface area (Å²) in [5.74, 6) is -0.165. The Kier molecular flexibility index (Phi) is 7.18. The number of carbonyl (C=O) groups excluding carboxylic acids is 1. The van der Waals surface area contributed by atoms with Crippen molar-refractivity contribution in [2.75, 3.05) is 26.6 Å². The number of pyridine rings is 1. The number of rotatable bonds is 8. The zero-order valence-corrected chi connectivity index (χ0v) is 23.2. The van der Waals surface area contributed by atoms with Gasteiger partial charge in [0.05, 0.1) is 31.2 Å². The first-order valence-electron chi connectivity index (χ1n) is 12.7. The molecule has 7 nitrogen and oxygen atoms in total. The Morgan fingerprint density at radius 2 is 1.77 bits per heavy atom. The van der Waals surface area contributed by atoms with E-state index in [1.807, 2.05) is 50.2 Å². The van der Waals surface area contributed by atoms with Crippen LogP contribution < -0.4 is 9.47 Å². The normalized spacial score (nSPS) is 19.2. The number of aryl methyl sites for hydroxylation is 2. The van der Waals surface area contributed by atoms with E-state index in [9.17, 15) is 13.2 Å². The maximum absolute atomic E-state index is 14.2. The van der Waals surface area contributed by atoms with Crippen LogP contribution in [0.2, 0.25) is 0 Å². The van der Waals surface area contributed by atoms with Gasteiger partial charge in [-0.2, -0.15) is 0 Å². The number of hydrogen-bond donors (Lipinski definition) is 0. The van der Waals surface area contributed by atoms with Gasteiger partial charge in [-0.25, -0.2) is 8.42 Å². The number of Topliss-reactive ketones (excluding diaryl/α,β-unsaturated/α-hetero) is 1. The third-order valence-corrected chi connectivity index (χ3v) is 9.05. The number of hydrogen-bond acceptors (Lipinski definition) is 7. The van der Waals surface area contributed by atoms with Gasteiger partial charge in [0, 0.05) is 22.6 Å². The van der Waals surface area contributed by atoms with Gasteiger partial charge in [0.1, 0.15) is 17.3 Å². The summed E-state index contributed by atoms with van der Waals surface area (Å²) < 4.78 is 44.8. The lowest BCUT2D eigenvalue weighted by molar-refractivity contribution is -0.137. The Balaban J connectivity index is 1.57. The third-order valence-electron chi connectivity index (χ3n) is 7.38. The summed E-state index contributed by atoms with van der Waals surface area (Å²) in [5.41, 5.74) is 2.28. The van der Waals surface area contributed by atoms with Gasteiger partial charge in [-0.05, 0) is 74.4 Å². The Bertz CT molecular complexity index is 1650. The molecule has 1 fully saturated rings. The second kappa shape index (κ2) is 10.4. The molecule has 39 heavy (non-hydrogen) atoms. The Hall–Kier alpha value is -3.75. The number of carbonyl (C=O) groups is 1. The highest BCUT2D eigenvalue weighted by Gasteiger charge is 2.51. The summed E-state index contributed by atoms with van der Waals surface area (Å²) >= 11 is 0. The summed E-state index contributed by atoms with van der Waals surface area (Å²) in [6.45, 7) is 4.02. The van der Waals surface area contributed by atoms with E-state index in [-0.39, 0.29) is 23.8 Å². The van der Waals surface area contributed by atoms with Crippen LogP contribution in [0.15, 0.2) is 77.7 Å². The van der Waals surface area contributed by atoms with E-state index < -0.39 is 27.0 Å². The molecule has 1 saturated heterocycles. The van der Waals surface area contributed by atoms with E-state index in [1.54, 1.807) is 37.4 Å². The molecule has 0 spiro atoms. The Labute approximate surface area is 228 Å². The van der Waals surface area contributed by atoms with Gasteiger partial charge < -0.3 is 14.2 Å². The van der Waals surface area contributed by atoms with Gasteiger partial charge >= 0.3 is 0 Å². The lowest BCUT2D eigenvalue weighted by Gasteiger charge is -2.29. The van der Waals surface area contributed by atoms with Crippen LogP contribution in [0.5, 0.6) is 11.5 Å². The van der Waals surface area contributed by atoms with Crippen LogP contribution in [0.3, 0.4) is 0 Å². The van der Waals surface area contributed by atoms with Gasteiger partial charge in [0.15, 0.2) is 21.2 Å². The highest BCUT2D eigenvalue weighted by molar-refractivity contribution is 7.92. The maximum atomic E-state index is 14.2. The summed E-state index contributed by atoms with van der Waals surface area (Å²) in [5, 5.41) is 0.488. The Morgan fingerprint density at radius 1 is 1.00 bits per heavy atom. The lowest BCUT2D eigenvalue weighted by atomic mass is 9.81. The van der Waals surface area contributed by atoms with Gasteiger partial charge in [0.2, 0.25) is 0 Å². The second-order valence-corrected chi connectivity index (χ2v) is 11.9. The lowest BCUT2D eigenvalue weighted by Crippen LogP contribution is -2.40. The molecule has 4 aromatic rings. The maximum Gasteiger partial charge on any atom is 0.186 e. The minimum atomic E-state index is -4.03. The van der Waals surface area contributed by atoms with Crippen molar-refractivity contribution in [2.24, 2.45) is 0 Å². The van der Waals surface area contributed by atoms with Crippen molar-refractivity contribution >= 4 is 26.5 Å². The number of fused-ring (bicyclic) bond motifs is 1. The molecule has 8 heteroatoms. The minimum absolute atomic E-state index is 0.0805.